The van der Waals surface area contributed by atoms with E-state index in [1.807, 2.05) is 24.3 Å². The first kappa shape index (κ1) is 20.9. The summed E-state index contributed by atoms with van der Waals surface area (Å²) >= 11 is 5.74. The number of rotatable bonds is 4. The molecule has 1 atom stereocenters. The third-order valence-electron chi connectivity index (χ3n) is 5.56. The summed E-state index contributed by atoms with van der Waals surface area (Å²) < 4.78 is 0. The van der Waals surface area contributed by atoms with E-state index in [9.17, 15) is 0 Å². The molecule has 3 aromatic rings. The minimum Gasteiger partial charge on any atom is -0.326 e. The quantitative estimate of drug-likeness (QED) is 0.521. The van der Waals surface area contributed by atoms with E-state index in [2.05, 4.69) is 54.7 Å². The molecule has 28 heavy (non-hydrogen) atoms. The van der Waals surface area contributed by atoms with Crippen LogP contribution in [0.15, 0.2) is 66.7 Å². The van der Waals surface area contributed by atoms with Crippen molar-refractivity contribution in [2.75, 3.05) is 0 Å². The van der Waals surface area contributed by atoms with Crippen molar-refractivity contribution >= 4 is 22.4 Å². The van der Waals surface area contributed by atoms with Crippen LogP contribution in [-0.4, -0.2) is 6.04 Å². The molecule has 1 unspecified atom stereocenters. The average Bonchev–Trinajstić information content (AvgIpc) is 2.75. The van der Waals surface area contributed by atoms with Gasteiger partial charge >= 0.3 is 0 Å². The molecule has 0 aliphatic heterocycles. The van der Waals surface area contributed by atoms with Gasteiger partial charge in [0, 0.05) is 23.7 Å². The fourth-order valence-electron chi connectivity index (χ4n) is 4.00. The number of nitrogens with two attached hydrogens (primary N) is 1. The van der Waals surface area contributed by atoms with Crippen LogP contribution < -0.4 is 11.1 Å². The van der Waals surface area contributed by atoms with E-state index in [1.54, 1.807) is 0 Å². The maximum absolute atomic E-state index is 5.74. The molecular weight excluding hydrogens is 364 g/mol. The van der Waals surface area contributed by atoms with Crippen molar-refractivity contribution in [2.24, 2.45) is 5.73 Å². The molecule has 0 spiro atoms. The molecule has 4 rings (SSSR count). The van der Waals surface area contributed by atoms with Gasteiger partial charge in [-0.2, -0.15) is 0 Å². The Labute approximate surface area is 174 Å². The van der Waals surface area contributed by atoms with Gasteiger partial charge in [-0.05, 0) is 47.7 Å². The summed E-state index contributed by atoms with van der Waals surface area (Å²) in [7, 11) is 0. The standard InChI is InChI=1S/C18H23N.C7H8ClN/c1-14(19-16-10-3-2-4-11-16)17-13-7-9-15-8-5-6-12-18(15)17;8-7-4-2-1-3-6(7)5-9/h5-9,12-14,16,19H,2-4,10-11H2,1H3;1-4H,5,9H2. The molecule has 3 heteroatoms. The summed E-state index contributed by atoms with van der Waals surface area (Å²) in [6, 6.07) is 24.1. The van der Waals surface area contributed by atoms with Crippen LogP contribution in [0.5, 0.6) is 0 Å². The van der Waals surface area contributed by atoms with E-state index in [4.69, 9.17) is 17.3 Å². The zero-order chi connectivity index (χ0) is 19.8. The van der Waals surface area contributed by atoms with Crippen LogP contribution in [-0.2, 0) is 6.54 Å². The van der Waals surface area contributed by atoms with Gasteiger partial charge in [0.25, 0.3) is 0 Å². The van der Waals surface area contributed by atoms with Crippen molar-refractivity contribution in [1.29, 1.82) is 0 Å². The Morgan fingerprint density at radius 3 is 2.32 bits per heavy atom. The predicted molar refractivity (Wildman–Crippen MR) is 122 cm³/mol. The van der Waals surface area contributed by atoms with Gasteiger partial charge in [0.2, 0.25) is 0 Å². The molecule has 0 bridgehead atoms. The first-order chi connectivity index (χ1) is 13.7. The zero-order valence-electron chi connectivity index (χ0n) is 16.7. The number of hydrogen-bond donors (Lipinski definition) is 2. The summed E-state index contributed by atoms with van der Waals surface area (Å²) in [6.45, 7) is 2.82. The van der Waals surface area contributed by atoms with Crippen molar-refractivity contribution in [1.82, 2.24) is 5.32 Å². The van der Waals surface area contributed by atoms with Crippen LogP contribution in [0, 0.1) is 0 Å². The van der Waals surface area contributed by atoms with Crippen molar-refractivity contribution in [2.45, 2.75) is 57.7 Å². The molecular formula is C25H31ClN2. The second kappa shape index (κ2) is 10.6. The van der Waals surface area contributed by atoms with Crippen molar-refractivity contribution in [3.05, 3.63) is 82.9 Å². The molecule has 1 aliphatic rings. The highest BCUT2D eigenvalue weighted by Crippen LogP contribution is 2.26. The third kappa shape index (κ3) is 5.57. The van der Waals surface area contributed by atoms with Gasteiger partial charge in [0.05, 0.1) is 0 Å². The topological polar surface area (TPSA) is 38.0 Å². The summed E-state index contributed by atoms with van der Waals surface area (Å²) in [5.41, 5.74) is 7.80. The van der Waals surface area contributed by atoms with Gasteiger partial charge in [-0.25, -0.2) is 0 Å². The van der Waals surface area contributed by atoms with E-state index in [1.165, 1.54) is 48.4 Å². The van der Waals surface area contributed by atoms with Gasteiger partial charge in [-0.1, -0.05) is 91.5 Å². The average molecular weight is 395 g/mol. The maximum atomic E-state index is 5.74. The van der Waals surface area contributed by atoms with Gasteiger partial charge in [-0.3, -0.25) is 0 Å². The Balaban J connectivity index is 0.000000211. The lowest BCUT2D eigenvalue weighted by Crippen LogP contribution is -2.33. The molecule has 1 aliphatic carbocycles. The Morgan fingerprint density at radius 1 is 0.929 bits per heavy atom. The Kier molecular flexibility index (Phi) is 7.90. The van der Waals surface area contributed by atoms with E-state index >= 15 is 0 Å². The van der Waals surface area contributed by atoms with Gasteiger partial charge in [0.15, 0.2) is 0 Å². The number of hydrogen-bond acceptors (Lipinski definition) is 2. The molecule has 0 amide bonds. The highest BCUT2D eigenvalue weighted by Gasteiger charge is 2.17. The van der Waals surface area contributed by atoms with Gasteiger partial charge < -0.3 is 11.1 Å². The molecule has 0 radical (unpaired) electrons. The van der Waals surface area contributed by atoms with Crippen LogP contribution in [0.25, 0.3) is 10.8 Å². The summed E-state index contributed by atoms with van der Waals surface area (Å²) in [5.74, 6) is 0. The summed E-state index contributed by atoms with van der Waals surface area (Å²) in [5, 5.41) is 7.31. The first-order valence-electron chi connectivity index (χ1n) is 10.4. The highest BCUT2D eigenvalue weighted by atomic mass is 35.5. The van der Waals surface area contributed by atoms with Crippen LogP contribution in [0.1, 0.15) is 56.2 Å². The minimum absolute atomic E-state index is 0.439. The molecule has 0 aromatic heterocycles. The van der Waals surface area contributed by atoms with E-state index < -0.39 is 0 Å². The number of nitrogens with one attached hydrogen (secondary N) is 1. The van der Waals surface area contributed by atoms with Crippen LogP contribution in [0.2, 0.25) is 5.02 Å². The molecule has 1 saturated carbocycles. The predicted octanol–water partition coefficient (Wildman–Crippen LogP) is 6.62. The van der Waals surface area contributed by atoms with Crippen molar-refractivity contribution in [3.63, 3.8) is 0 Å². The smallest absolute Gasteiger partial charge is 0.0450 e. The summed E-state index contributed by atoms with van der Waals surface area (Å²) in [6.07, 6.45) is 6.88. The second-order valence-electron chi connectivity index (χ2n) is 7.59. The summed E-state index contributed by atoms with van der Waals surface area (Å²) in [4.78, 5) is 0. The fourth-order valence-corrected chi connectivity index (χ4v) is 4.22. The van der Waals surface area contributed by atoms with Crippen molar-refractivity contribution < 1.29 is 0 Å². The molecule has 148 valence electrons. The SMILES string of the molecule is CC(NC1CCCCC1)c1cccc2ccccc12.NCc1ccccc1Cl. The Morgan fingerprint density at radius 2 is 1.61 bits per heavy atom. The van der Waals surface area contributed by atoms with Gasteiger partial charge in [0.1, 0.15) is 0 Å². The Bertz CT molecular complexity index is 866. The lowest BCUT2D eigenvalue weighted by molar-refractivity contribution is 0.347. The van der Waals surface area contributed by atoms with E-state index in [0.29, 0.717) is 18.6 Å². The normalized spacial score (nSPS) is 15.7. The number of fused-ring (bicyclic) bond motifs is 1. The van der Waals surface area contributed by atoms with Crippen LogP contribution >= 0.6 is 11.6 Å². The lowest BCUT2D eigenvalue weighted by Gasteiger charge is -2.27. The fraction of sp³-hybridized carbons (Fsp3) is 0.360. The number of benzene rings is 3. The zero-order valence-corrected chi connectivity index (χ0v) is 17.5. The minimum atomic E-state index is 0.439. The Hall–Kier alpha value is -1.87. The molecule has 2 nitrogen and oxygen atoms in total. The van der Waals surface area contributed by atoms with E-state index in [-0.39, 0.29) is 0 Å². The monoisotopic (exact) mass is 394 g/mol. The van der Waals surface area contributed by atoms with Crippen LogP contribution in [0.4, 0.5) is 0 Å². The number of halogens is 1. The molecule has 1 fully saturated rings. The maximum Gasteiger partial charge on any atom is 0.0450 e. The van der Waals surface area contributed by atoms with Crippen LogP contribution in [0.3, 0.4) is 0 Å². The largest absolute Gasteiger partial charge is 0.326 e. The molecule has 0 heterocycles. The molecule has 3 aromatic carbocycles. The van der Waals surface area contributed by atoms with E-state index in [0.717, 1.165) is 10.6 Å². The second-order valence-corrected chi connectivity index (χ2v) is 7.99. The lowest BCUT2D eigenvalue weighted by atomic mass is 9.93. The first-order valence-corrected chi connectivity index (χ1v) is 10.7. The van der Waals surface area contributed by atoms with Crippen molar-refractivity contribution in [3.8, 4) is 0 Å². The highest BCUT2D eigenvalue weighted by molar-refractivity contribution is 6.31. The molecule has 3 N–H and O–H groups in total. The van der Waals surface area contributed by atoms with Gasteiger partial charge in [-0.15, -0.1) is 0 Å². The third-order valence-corrected chi connectivity index (χ3v) is 5.93. The molecule has 0 saturated heterocycles.